The molecule has 1 heterocycles. The summed E-state index contributed by atoms with van der Waals surface area (Å²) in [7, 11) is -3.91. The lowest BCUT2D eigenvalue weighted by Gasteiger charge is -2.23. The van der Waals surface area contributed by atoms with Crippen LogP contribution in [0.2, 0.25) is 0 Å². The number of rotatable bonds is 6. The fourth-order valence-corrected chi connectivity index (χ4v) is 6.05. The number of ether oxygens (including phenoxy) is 1. The van der Waals surface area contributed by atoms with Crippen molar-refractivity contribution in [3.63, 3.8) is 0 Å². The van der Waals surface area contributed by atoms with Crippen molar-refractivity contribution in [3.05, 3.63) is 72.3 Å². The maximum Gasteiger partial charge on any atom is 0.338 e. The van der Waals surface area contributed by atoms with Crippen molar-refractivity contribution in [2.24, 2.45) is 0 Å². The molecule has 0 saturated carbocycles. The minimum atomic E-state index is -3.91. The number of benzene rings is 3. The molecule has 0 aliphatic carbocycles. The number of hydrogen-bond donors (Lipinski definition) is 2. The summed E-state index contributed by atoms with van der Waals surface area (Å²) < 4.78 is 33.0. The van der Waals surface area contributed by atoms with E-state index in [1.165, 1.54) is 4.31 Å². The number of fused-ring (bicyclic) bond motifs is 1. The molecule has 172 valence electrons. The Morgan fingerprint density at radius 2 is 1.76 bits per heavy atom. The van der Waals surface area contributed by atoms with Crippen molar-refractivity contribution in [2.45, 2.75) is 29.5 Å². The largest absolute Gasteiger partial charge is 0.462 e. The smallest absolute Gasteiger partial charge is 0.338 e. The van der Waals surface area contributed by atoms with Crippen LogP contribution < -0.4 is 5.32 Å². The molecule has 7 nitrogen and oxygen atoms in total. The Balaban J connectivity index is 1.55. The molecule has 33 heavy (non-hydrogen) atoms. The third kappa shape index (κ3) is 4.90. The van der Waals surface area contributed by atoms with Crippen molar-refractivity contribution in [1.29, 1.82) is 0 Å². The first kappa shape index (κ1) is 23.3. The molecular formula is C24H24N2O5S2. The molecule has 1 amide bonds. The third-order valence-electron chi connectivity index (χ3n) is 5.53. The highest BCUT2D eigenvalue weighted by Crippen LogP contribution is 2.31. The van der Waals surface area contributed by atoms with Crippen molar-refractivity contribution >= 4 is 51.0 Å². The van der Waals surface area contributed by atoms with E-state index >= 15 is 0 Å². The summed E-state index contributed by atoms with van der Waals surface area (Å²) in [5.74, 6) is -0.892. The van der Waals surface area contributed by atoms with Gasteiger partial charge in [-0.25, -0.2) is 13.2 Å². The van der Waals surface area contributed by atoms with Gasteiger partial charge in [0.25, 0.3) is 0 Å². The normalized spacial score (nSPS) is 18.8. The molecule has 9 heteroatoms. The molecule has 0 unspecified atom stereocenters. The number of amides is 1. The van der Waals surface area contributed by atoms with Gasteiger partial charge in [0.1, 0.15) is 6.04 Å². The number of carbonyl (C=O) groups is 2. The molecule has 1 N–H and O–H groups in total. The molecule has 1 fully saturated rings. The van der Waals surface area contributed by atoms with Crippen LogP contribution in [0.3, 0.4) is 0 Å². The van der Waals surface area contributed by atoms with Crippen molar-refractivity contribution in [2.75, 3.05) is 18.5 Å². The minimum absolute atomic E-state index is 0.137. The lowest BCUT2D eigenvalue weighted by molar-refractivity contribution is -0.119. The highest BCUT2D eigenvalue weighted by molar-refractivity contribution is 7.89. The van der Waals surface area contributed by atoms with Crippen LogP contribution in [0.1, 0.15) is 23.7 Å². The maximum absolute atomic E-state index is 13.4. The number of sulfonamides is 1. The van der Waals surface area contributed by atoms with Gasteiger partial charge in [0.15, 0.2) is 0 Å². The van der Waals surface area contributed by atoms with Crippen LogP contribution in [0.15, 0.2) is 71.6 Å². The molecule has 3 aromatic rings. The highest BCUT2D eigenvalue weighted by atomic mass is 32.2. The molecular weight excluding hydrogens is 460 g/mol. The Hall–Kier alpha value is -2.88. The summed E-state index contributed by atoms with van der Waals surface area (Å²) >= 11 is 4.45. The molecule has 0 bridgehead atoms. The van der Waals surface area contributed by atoms with E-state index in [1.54, 1.807) is 49.4 Å². The molecule has 0 spiro atoms. The number of anilines is 1. The van der Waals surface area contributed by atoms with Crippen LogP contribution in [0.25, 0.3) is 10.8 Å². The zero-order chi connectivity index (χ0) is 23.6. The van der Waals surface area contributed by atoms with Gasteiger partial charge >= 0.3 is 5.97 Å². The summed E-state index contributed by atoms with van der Waals surface area (Å²) in [6.07, 6.45) is 0.294. The van der Waals surface area contributed by atoms with Crippen LogP contribution in [0, 0.1) is 0 Å². The van der Waals surface area contributed by atoms with E-state index in [4.69, 9.17) is 4.74 Å². The third-order valence-corrected chi connectivity index (χ3v) is 7.77. The topological polar surface area (TPSA) is 92.8 Å². The van der Waals surface area contributed by atoms with Crippen LogP contribution in [0.5, 0.6) is 0 Å². The van der Waals surface area contributed by atoms with Crippen LogP contribution in [-0.2, 0) is 19.6 Å². The zero-order valence-corrected chi connectivity index (χ0v) is 19.7. The Morgan fingerprint density at radius 1 is 1.06 bits per heavy atom. The van der Waals surface area contributed by atoms with Gasteiger partial charge in [-0.15, -0.1) is 0 Å². The fourth-order valence-electron chi connectivity index (χ4n) is 3.88. The molecule has 3 aromatic carbocycles. The Kier molecular flexibility index (Phi) is 6.73. The molecule has 1 aliphatic rings. The Morgan fingerprint density at radius 3 is 2.45 bits per heavy atom. The lowest BCUT2D eigenvalue weighted by atomic mass is 10.1. The van der Waals surface area contributed by atoms with Crippen molar-refractivity contribution < 1.29 is 22.7 Å². The Bertz CT molecular complexity index is 1290. The zero-order valence-electron chi connectivity index (χ0n) is 18.0. The van der Waals surface area contributed by atoms with E-state index < -0.39 is 27.9 Å². The van der Waals surface area contributed by atoms with Gasteiger partial charge < -0.3 is 10.1 Å². The molecule has 1 saturated heterocycles. The average Bonchev–Trinajstić information content (AvgIpc) is 3.22. The van der Waals surface area contributed by atoms with E-state index in [0.717, 1.165) is 10.8 Å². The second-order valence-electron chi connectivity index (χ2n) is 7.78. The quantitative estimate of drug-likeness (QED) is 0.411. The van der Waals surface area contributed by atoms with E-state index in [-0.39, 0.29) is 23.3 Å². The first-order valence-electron chi connectivity index (χ1n) is 10.6. The second kappa shape index (κ2) is 9.54. The van der Waals surface area contributed by atoms with Gasteiger partial charge in [0.05, 0.1) is 17.1 Å². The standard InChI is InChI=1S/C24H24N2O5S2/c1-2-31-24(28)17-7-10-19(11-8-17)25-23(27)22-14-20(32)15-26(22)33(29,30)21-12-9-16-5-3-4-6-18(16)13-21/h3-13,20,22,32H,2,14-15H2,1H3,(H,25,27)/t20-,22+/m1/s1. The predicted molar refractivity (Wildman–Crippen MR) is 130 cm³/mol. The number of nitrogens with zero attached hydrogens (tertiary/aromatic N) is 1. The summed E-state index contributed by atoms with van der Waals surface area (Å²) in [5.41, 5.74) is 0.824. The lowest BCUT2D eigenvalue weighted by Crippen LogP contribution is -2.43. The number of thiol groups is 1. The average molecular weight is 485 g/mol. The van der Waals surface area contributed by atoms with Crippen LogP contribution >= 0.6 is 12.6 Å². The highest BCUT2D eigenvalue weighted by Gasteiger charge is 2.43. The summed E-state index contributed by atoms with van der Waals surface area (Å²) in [4.78, 5) is 25.0. The van der Waals surface area contributed by atoms with Gasteiger partial charge in [-0.3, -0.25) is 4.79 Å². The monoisotopic (exact) mass is 484 g/mol. The van der Waals surface area contributed by atoms with E-state index in [2.05, 4.69) is 17.9 Å². The van der Waals surface area contributed by atoms with E-state index in [9.17, 15) is 18.0 Å². The first-order valence-corrected chi connectivity index (χ1v) is 12.5. The number of esters is 1. The molecule has 1 aliphatic heterocycles. The molecule has 4 rings (SSSR count). The van der Waals surface area contributed by atoms with Gasteiger partial charge in [0.2, 0.25) is 15.9 Å². The van der Waals surface area contributed by atoms with Crippen LogP contribution in [-0.4, -0.2) is 49.0 Å². The number of nitrogens with one attached hydrogen (secondary N) is 1. The minimum Gasteiger partial charge on any atom is -0.462 e. The SMILES string of the molecule is CCOC(=O)c1ccc(NC(=O)[C@@H]2C[C@@H](S)CN2S(=O)(=O)c2ccc3ccccc3c2)cc1. The van der Waals surface area contributed by atoms with Crippen molar-refractivity contribution in [3.8, 4) is 0 Å². The molecule has 0 radical (unpaired) electrons. The summed E-state index contributed by atoms with van der Waals surface area (Å²) in [6, 6.07) is 17.8. The summed E-state index contributed by atoms with van der Waals surface area (Å²) in [5, 5.41) is 4.24. The van der Waals surface area contributed by atoms with Gasteiger partial charge in [0, 0.05) is 17.5 Å². The fraction of sp³-hybridized carbons (Fsp3) is 0.250. The number of hydrogen-bond acceptors (Lipinski definition) is 6. The predicted octanol–water partition coefficient (Wildman–Crippen LogP) is 3.72. The first-order chi connectivity index (χ1) is 15.8. The Labute approximate surface area is 198 Å². The van der Waals surface area contributed by atoms with E-state index in [0.29, 0.717) is 17.7 Å². The van der Waals surface area contributed by atoms with Crippen LogP contribution in [0.4, 0.5) is 5.69 Å². The van der Waals surface area contributed by atoms with Gasteiger partial charge in [-0.2, -0.15) is 16.9 Å². The second-order valence-corrected chi connectivity index (χ2v) is 10.4. The van der Waals surface area contributed by atoms with Crippen molar-refractivity contribution in [1.82, 2.24) is 4.31 Å². The van der Waals surface area contributed by atoms with E-state index in [1.807, 2.05) is 24.3 Å². The van der Waals surface area contributed by atoms with Gasteiger partial charge in [-0.05, 0) is 60.5 Å². The molecule has 2 atom stereocenters. The number of carbonyl (C=O) groups excluding carboxylic acids is 2. The molecule has 0 aromatic heterocycles. The summed E-state index contributed by atoms with van der Waals surface area (Å²) in [6.45, 7) is 2.13. The van der Waals surface area contributed by atoms with Gasteiger partial charge in [-0.1, -0.05) is 30.3 Å². The maximum atomic E-state index is 13.4.